The molecule has 1 aliphatic rings. The lowest BCUT2D eigenvalue weighted by atomic mass is 10.2. The van der Waals surface area contributed by atoms with Crippen LogP contribution in [0.15, 0.2) is 27.6 Å². The molecule has 19 heavy (non-hydrogen) atoms. The Labute approximate surface area is 126 Å². The quantitative estimate of drug-likeness (QED) is 0.793. The van der Waals surface area contributed by atoms with Crippen LogP contribution in [0.3, 0.4) is 0 Å². The molecule has 2 amide bonds. The number of nitrogens with zero attached hydrogens (tertiary/aromatic N) is 2. The van der Waals surface area contributed by atoms with Crippen LogP contribution in [0.2, 0.25) is 0 Å². The van der Waals surface area contributed by atoms with Crippen molar-refractivity contribution in [3.63, 3.8) is 0 Å². The number of benzene rings is 1. The summed E-state index contributed by atoms with van der Waals surface area (Å²) in [6.45, 7) is 1.42. The first-order valence-corrected chi connectivity index (χ1v) is 7.25. The highest BCUT2D eigenvalue weighted by Crippen LogP contribution is 2.22. The monoisotopic (exact) mass is 342 g/mol. The zero-order chi connectivity index (χ0) is 14.0. The lowest BCUT2D eigenvalue weighted by Gasteiger charge is -2.20. The van der Waals surface area contributed by atoms with E-state index >= 15 is 0 Å². The highest BCUT2D eigenvalue weighted by atomic mass is 79.9. The van der Waals surface area contributed by atoms with E-state index in [0.29, 0.717) is 18.7 Å². The molecule has 0 bridgehead atoms. The van der Waals surface area contributed by atoms with Gasteiger partial charge in [-0.05, 0) is 40.5 Å². The van der Waals surface area contributed by atoms with Gasteiger partial charge in [0.15, 0.2) is 0 Å². The standard InChI is InChI=1S/C13H15BrN2O2S/c1-15-5-2-6-16(8-12(15)17)13(18)10-7-9(19)3-4-11(10)14/h3-4,7,19H,2,5-6,8H2,1H3. The lowest BCUT2D eigenvalue weighted by molar-refractivity contribution is -0.129. The van der Waals surface area contributed by atoms with Gasteiger partial charge in [0.25, 0.3) is 5.91 Å². The Kier molecular flexibility index (Phi) is 4.52. The molecule has 1 fully saturated rings. The van der Waals surface area contributed by atoms with E-state index < -0.39 is 0 Å². The summed E-state index contributed by atoms with van der Waals surface area (Å²) in [5.74, 6) is -0.157. The predicted octanol–water partition coefficient (Wildman–Crippen LogP) is 2.04. The van der Waals surface area contributed by atoms with E-state index in [1.54, 1.807) is 29.0 Å². The van der Waals surface area contributed by atoms with E-state index in [4.69, 9.17) is 0 Å². The summed E-state index contributed by atoms with van der Waals surface area (Å²) < 4.78 is 0.723. The van der Waals surface area contributed by atoms with Gasteiger partial charge in [-0.1, -0.05) is 0 Å². The molecular weight excluding hydrogens is 328 g/mol. The Morgan fingerprint density at radius 2 is 2.11 bits per heavy atom. The van der Waals surface area contributed by atoms with E-state index in [1.165, 1.54) is 0 Å². The van der Waals surface area contributed by atoms with Crippen LogP contribution in [0.25, 0.3) is 0 Å². The molecule has 1 heterocycles. The van der Waals surface area contributed by atoms with Gasteiger partial charge >= 0.3 is 0 Å². The van der Waals surface area contributed by atoms with Crippen LogP contribution in [0.4, 0.5) is 0 Å². The van der Waals surface area contributed by atoms with Crippen LogP contribution in [-0.2, 0) is 4.79 Å². The maximum absolute atomic E-state index is 12.5. The molecular formula is C13H15BrN2O2S. The summed E-state index contributed by atoms with van der Waals surface area (Å²) >= 11 is 7.61. The van der Waals surface area contributed by atoms with Gasteiger partial charge in [-0.15, -0.1) is 12.6 Å². The summed E-state index contributed by atoms with van der Waals surface area (Å²) in [5, 5.41) is 0. The van der Waals surface area contributed by atoms with E-state index in [0.717, 1.165) is 15.8 Å². The van der Waals surface area contributed by atoms with Crippen molar-refractivity contribution in [3.8, 4) is 0 Å². The molecule has 0 aromatic heterocycles. The van der Waals surface area contributed by atoms with Gasteiger partial charge in [0.2, 0.25) is 5.91 Å². The second kappa shape index (κ2) is 5.96. The molecule has 0 spiro atoms. The van der Waals surface area contributed by atoms with Crippen LogP contribution in [0.1, 0.15) is 16.8 Å². The molecule has 0 N–H and O–H groups in total. The third kappa shape index (κ3) is 3.30. The molecule has 1 aromatic rings. The average molecular weight is 343 g/mol. The first kappa shape index (κ1) is 14.4. The normalized spacial score (nSPS) is 16.5. The van der Waals surface area contributed by atoms with Crippen molar-refractivity contribution in [2.24, 2.45) is 0 Å². The Bertz CT molecular complexity index is 521. The Hall–Kier alpha value is -1.01. The van der Waals surface area contributed by atoms with Crippen molar-refractivity contribution in [3.05, 3.63) is 28.2 Å². The van der Waals surface area contributed by atoms with Gasteiger partial charge in [-0.25, -0.2) is 0 Å². The zero-order valence-corrected chi connectivity index (χ0v) is 13.1. The average Bonchev–Trinajstić information content (AvgIpc) is 2.54. The van der Waals surface area contributed by atoms with Crippen LogP contribution in [0, 0.1) is 0 Å². The molecule has 0 unspecified atom stereocenters. The molecule has 1 saturated heterocycles. The van der Waals surface area contributed by atoms with Crippen molar-refractivity contribution in [1.82, 2.24) is 9.80 Å². The lowest BCUT2D eigenvalue weighted by Crippen LogP contribution is -2.38. The topological polar surface area (TPSA) is 40.6 Å². The van der Waals surface area contributed by atoms with Gasteiger partial charge in [0.05, 0.1) is 5.56 Å². The smallest absolute Gasteiger partial charge is 0.255 e. The van der Waals surface area contributed by atoms with Gasteiger partial charge in [-0.3, -0.25) is 9.59 Å². The zero-order valence-electron chi connectivity index (χ0n) is 10.6. The predicted molar refractivity (Wildman–Crippen MR) is 79.6 cm³/mol. The number of hydrogen-bond acceptors (Lipinski definition) is 3. The number of hydrogen-bond donors (Lipinski definition) is 1. The molecule has 1 aromatic carbocycles. The SMILES string of the molecule is CN1CCCN(C(=O)c2cc(S)ccc2Br)CC1=O. The summed E-state index contributed by atoms with van der Waals surface area (Å²) in [6, 6.07) is 5.32. The van der Waals surface area contributed by atoms with Crippen LogP contribution in [-0.4, -0.2) is 48.3 Å². The molecule has 0 radical (unpaired) electrons. The van der Waals surface area contributed by atoms with E-state index in [2.05, 4.69) is 28.6 Å². The second-order valence-electron chi connectivity index (χ2n) is 4.56. The van der Waals surface area contributed by atoms with Crippen LogP contribution >= 0.6 is 28.6 Å². The molecule has 0 saturated carbocycles. The molecule has 6 heteroatoms. The number of thiol groups is 1. The summed E-state index contributed by atoms with van der Waals surface area (Å²) in [7, 11) is 1.76. The number of amides is 2. The molecule has 2 rings (SSSR count). The molecule has 102 valence electrons. The van der Waals surface area contributed by atoms with Crippen molar-refractivity contribution < 1.29 is 9.59 Å². The fourth-order valence-electron chi connectivity index (χ4n) is 2.01. The van der Waals surface area contributed by atoms with Gasteiger partial charge in [0, 0.05) is 29.5 Å². The highest BCUT2D eigenvalue weighted by Gasteiger charge is 2.24. The van der Waals surface area contributed by atoms with Gasteiger partial charge in [0.1, 0.15) is 6.54 Å². The summed E-state index contributed by atoms with van der Waals surface area (Å²) in [5.41, 5.74) is 0.546. The second-order valence-corrected chi connectivity index (χ2v) is 5.93. The third-order valence-electron chi connectivity index (χ3n) is 3.14. The number of likely N-dealkylation sites (N-methyl/N-ethyl adjacent to an activating group) is 1. The number of carbonyl (C=O) groups excluding carboxylic acids is 2. The van der Waals surface area contributed by atoms with Crippen molar-refractivity contribution in [1.29, 1.82) is 0 Å². The van der Waals surface area contributed by atoms with Crippen LogP contribution < -0.4 is 0 Å². The van der Waals surface area contributed by atoms with Crippen LogP contribution in [0.5, 0.6) is 0 Å². The van der Waals surface area contributed by atoms with E-state index in [-0.39, 0.29) is 18.4 Å². The first-order valence-electron chi connectivity index (χ1n) is 6.01. The number of halogens is 1. The Morgan fingerprint density at radius 3 is 2.84 bits per heavy atom. The van der Waals surface area contributed by atoms with Crippen molar-refractivity contribution in [2.75, 3.05) is 26.7 Å². The van der Waals surface area contributed by atoms with Gasteiger partial charge < -0.3 is 9.80 Å². The number of rotatable bonds is 1. The van der Waals surface area contributed by atoms with Crippen molar-refractivity contribution >= 4 is 40.4 Å². The fourth-order valence-corrected chi connectivity index (χ4v) is 2.63. The minimum Gasteiger partial charge on any atom is -0.344 e. The first-order chi connectivity index (χ1) is 8.99. The third-order valence-corrected chi connectivity index (χ3v) is 4.11. The van der Waals surface area contributed by atoms with Gasteiger partial charge in [-0.2, -0.15) is 0 Å². The Balaban J connectivity index is 2.23. The maximum atomic E-state index is 12.5. The van der Waals surface area contributed by atoms with E-state index in [1.807, 2.05) is 6.07 Å². The largest absolute Gasteiger partial charge is 0.344 e. The van der Waals surface area contributed by atoms with Crippen molar-refractivity contribution in [2.45, 2.75) is 11.3 Å². The highest BCUT2D eigenvalue weighted by molar-refractivity contribution is 9.10. The minimum atomic E-state index is -0.133. The number of carbonyl (C=O) groups is 2. The molecule has 0 atom stereocenters. The minimum absolute atomic E-state index is 0.0241. The molecule has 1 aliphatic heterocycles. The fraction of sp³-hybridized carbons (Fsp3) is 0.385. The molecule has 0 aliphatic carbocycles. The molecule has 4 nitrogen and oxygen atoms in total. The summed E-state index contributed by atoms with van der Waals surface area (Å²) in [6.07, 6.45) is 0.798. The van der Waals surface area contributed by atoms with E-state index in [9.17, 15) is 9.59 Å². The summed E-state index contributed by atoms with van der Waals surface area (Å²) in [4.78, 5) is 28.3. The maximum Gasteiger partial charge on any atom is 0.255 e. The Morgan fingerprint density at radius 1 is 1.37 bits per heavy atom.